The number of methoxy groups -OCH3 is 1. The number of allylic oxidation sites excluding steroid dienone is 3. The van der Waals surface area contributed by atoms with Gasteiger partial charge < -0.3 is 20.1 Å². The molecule has 6 nitrogen and oxygen atoms in total. The zero-order valence-corrected chi connectivity index (χ0v) is 25.0. The zero-order valence-electron chi connectivity index (χ0n) is 25.0. The molecular formula is C33H33F6N3O3. The fourth-order valence-electron chi connectivity index (χ4n) is 6.57. The van der Waals surface area contributed by atoms with Crippen LogP contribution < -0.4 is 5.32 Å². The van der Waals surface area contributed by atoms with Gasteiger partial charge in [-0.15, -0.1) is 0 Å². The van der Waals surface area contributed by atoms with Crippen LogP contribution in [0.1, 0.15) is 64.7 Å². The van der Waals surface area contributed by atoms with Crippen LogP contribution in [-0.2, 0) is 17.3 Å². The molecule has 0 radical (unpaired) electrons. The summed E-state index contributed by atoms with van der Waals surface area (Å²) < 4.78 is 92.1. The molecule has 45 heavy (non-hydrogen) atoms. The summed E-state index contributed by atoms with van der Waals surface area (Å²) >= 11 is 0. The highest BCUT2D eigenvalue weighted by molar-refractivity contribution is 6.02. The predicted molar refractivity (Wildman–Crippen MR) is 158 cm³/mol. The lowest BCUT2D eigenvalue weighted by atomic mass is 9.79. The number of ketones is 1. The summed E-state index contributed by atoms with van der Waals surface area (Å²) in [7, 11) is 3.16. The highest BCUT2D eigenvalue weighted by Crippen LogP contribution is 2.51. The van der Waals surface area contributed by atoms with Crippen LogP contribution in [0.25, 0.3) is 5.57 Å². The molecule has 12 heteroatoms. The predicted octanol–water partition coefficient (Wildman–Crippen LogP) is 6.62. The summed E-state index contributed by atoms with van der Waals surface area (Å²) in [4.78, 5) is 19.9. The van der Waals surface area contributed by atoms with E-state index in [0.717, 1.165) is 6.07 Å². The van der Waals surface area contributed by atoms with Gasteiger partial charge in [0.1, 0.15) is 6.04 Å². The molecule has 2 N–H and O–H groups in total. The Morgan fingerprint density at radius 1 is 1.16 bits per heavy atom. The van der Waals surface area contributed by atoms with Crippen LogP contribution in [0, 0.1) is 17.5 Å². The Labute approximate surface area is 256 Å². The van der Waals surface area contributed by atoms with Crippen molar-refractivity contribution in [1.29, 1.82) is 0 Å². The number of Topliss-reactive ketones (excluding diaryl/α,β-unsaturated/α-hetero) is 1. The number of likely N-dealkylation sites (N-methyl/N-ethyl adjacent to an activating group) is 1. The Kier molecular flexibility index (Phi) is 9.39. The molecule has 3 aliphatic heterocycles. The molecule has 0 spiro atoms. The first-order valence-electron chi connectivity index (χ1n) is 14.6. The number of benzene rings is 2. The first-order valence-corrected chi connectivity index (χ1v) is 14.6. The van der Waals surface area contributed by atoms with Crippen molar-refractivity contribution in [3.63, 3.8) is 0 Å². The van der Waals surface area contributed by atoms with Crippen molar-refractivity contribution in [3.05, 3.63) is 93.1 Å². The van der Waals surface area contributed by atoms with E-state index in [9.17, 15) is 36.2 Å². The number of nitrogens with one attached hydrogen (secondary N) is 1. The maximum atomic E-state index is 15.0. The number of carbonyl (C=O) groups is 1. The maximum absolute atomic E-state index is 15.0. The second-order valence-electron chi connectivity index (χ2n) is 11.3. The highest BCUT2D eigenvalue weighted by Gasteiger charge is 2.43. The third-order valence-corrected chi connectivity index (χ3v) is 8.46. The number of halogens is 6. The maximum Gasteiger partial charge on any atom is 0.417 e. The van der Waals surface area contributed by atoms with Crippen molar-refractivity contribution in [3.8, 4) is 0 Å². The molecule has 240 valence electrons. The van der Waals surface area contributed by atoms with Gasteiger partial charge >= 0.3 is 6.18 Å². The number of nitrogens with zero attached hydrogens (tertiary/aromatic N) is 2. The zero-order chi connectivity index (χ0) is 32.6. The Balaban J connectivity index is 1.72. The Morgan fingerprint density at radius 3 is 2.47 bits per heavy atom. The SMILES string of the molecule is CCC1CC(COC)=Nc2c1cc(C(F)(F)F)c(C1=CC=CN3C1=C(CNC)CC3C(=O)c1cc(F)c(F)c(F)c1)c2CCO. The van der Waals surface area contributed by atoms with Gasteiger partial charge in [0.15, 0.2) is 23.2 Å². The highest BCUT2D eigenvalue weighted by atomic mass is 19.4. The number of rotatable bonds is 10. The normalized spacial score (nSPS) is 19.5. The van der Waals surface area contributed by atoms with Crippen molar-refractivity contribution in [1.82, 2.24) is 10.2 Å². The van der Waals surface area contributed by atoms with Crippen molar-refractivity contribution in [2.24, 2.45) is 4.99 Å². The fourth-order valence-corrected chi connectivity index (χ4v) is 6.57. The van der Waals surface area contributed by atoms with Crippen molar-refractivity contribution < 1.29 is 41.0 Å². The molecule has 0 amide bonds. The van der Waals surface area contributed by atoms with E-state index in [2.05, 4.69) is 5.32 Å². The average molecular weight is 634 g/mol. The van der Waals surface area contributed by atoms with Gasteiger partial charge in [-0.1, -0.05) is 13.0 Å². The minimum absolute atomic E-state index is 0.0347. The number of ether oxygens (including phenoxy) is 1. The summed E-state index contributed by atoms with van der Waals surface area (Å²) in [5.41, 5.74) is 1.39. The van der Waals surface area contributed by atoms with Crippen molar-refractivity contribution >= 4 is 22.8 Å². The van der Waals surface area contributed by atoms with Gasteiger partial charge in [0.2, 0.25) is 0 Å². The van der Waals surface area contributed by atoms with Crippen LogP contribution >= 0.6 is 0 Å². The lowest BCUT2D eigenvalue weighted by Gasteiger charge is -2.33. The van der Waals surface area contributed by atoms with Gasteiger partial charge in [-0.2, -0.15) is 13.2 Å². The van der Waals surface area contributed by atoms with E-state index < -0.39 is 53.2 Å². The molecular weight excluding hydrogens is 600 g/mol. The van der Waals surface area contributed by atoms with Gasteiger partial charge in [0.05, 0.1) is 17.9 Å². The van der Waals surface area contributed by atoms with Crippen LogP contribution in [0.2, 0.25) is 0 Å². The summed E-state index contributed by atoms with van der Waals surface area (Å²) in [5.74, 6) is -5.71. The second-order valence-corrected chi connectivity index (χ2v) is 11.3. The van der Waals surface area contributed by atoms with Crippen molar-refractivity contribution in [2.75, 3.05) is 33.9 Å². The van der Waals surface area contributed by atoms with E-state index in [1.807, 2.05) is 6.92 Å². The molecule has 0 aromatic heterocycles. The number of fused-ring (bicyclic) bond motifs is 2. The second kappa shape index (κ2) is 12.9. The van der Waals surface area contributed by atoms with Crippen LogP contribution in [0.5, 0.6) is 0 Å². The molecule has 0 bridgehead atoms. The Morgan fingerprint density at radius 2 is 1.87 bits per heavy atom. The molecule has 0 saturated carbocycles. The van der Waals surface area contributed by atoms with E-state index in [4.69, 9.17) is 9.73 Å². The number of aliphatic imine (C=N–C) groups is 1. The molecule has 2 atom stereocenters. The molecule has 2 unspecified atom stereocenters. The number of aliphatic hydroxyl groups excluding tert-OH is 1. The van der Waals surface area contributed by atoms with E-state index in [1.165, 1.54) is 30.4 Å². The Hall–Kier alpha value is -3.74. The summed E-state index contributed by atoms with van der Waals surface area (Å²) in [6, 6.07) is 1.32. The molecule has 2 aromatic rings. The smallest absolute Gasteiger partial charge is 0.396 e. The lowest BCUT2D eigenvalue weighted by molar-refractivity contribution is -0.137. The van der Waals surface area contributed by atoms with E-state index in [-0.39, 0.29) is 48.6 Å². The first-order chi connectivity index (χ1) is 21.4. The topological polar surface area (TPSA) is 74.2 Å². The average Bonchev–Trinajstić information content (AvgIpc) is 3.37. The lowest BCUT2D eigenvalue weighted by Crippen LogP contribution is -2.34. The minimum Gasteiger partial charge on any atom is -0.396 e. The van der Waals surface area contributed by atoms with Crippen molar-refractivity contribution in [2.45, 2.75) is 50.7 Å². The molecule has 3 aliphatic rings. The van der Waals surface area contributed by atoms with Gasteiger partial charge in [0, 0.05) is 61.0 Å². The number of carbonyl (C=O) groups excluding carboxylic acids is 1. The van der Waals surface area contributed by atoms with Crippen LogP contribution in [0.3, 0.4) is 0 Å². The number of hydrogen-bond acceptors (Lipinski definition) is 6. The van der Waals surface area contributed by atoms with E-state index in [0.29, 0.717) is 53.2 Å². The third-order valence-electron chi connectivity index (χ3n) is 8.46. The van der Waals surface area contributed by atoms with Gasteiger partial charge in [-0.3, -0.25) is 9.79 Å². The standard InChI is InChI=1S/C33H33F6N3O3/c1-4-17-10-20(16-45-3)41-30-21(7-9-43)28(24(14-23(17)30)33(37,38)39)22-6-5-8-42-27(13-19(15-40-2)31(22)42)32(44)18-11-25(34)29(36)26(35)12-18/h5-6,8,11-12,14,17,27,40,43H,4,7,9-10,13,15-16H2,1-3H3. The number of aliphatic hydroxyl groups is 1. The van der Waals surface area contributed by atoms with E-state index >= 15 is 0 Å². The van der Waals surface area contributed by atoms with Gasteiger partial charge in [0.25, 0.3) is 0 Å². The van der Waals surface area contributed by atoms with Crippen LogP contribution in [-0.4, -0.2) is 61.5 Å². The molecule has 2 aromatic carbocycles. The molecule has 0 fully saturated rings. The van der Waals surface area contributed by atoms with E-state index in [1.54, 1.807) is 7.05 Å². The summed E-state index contributed by atoms with van der Waals surface area (Å²) in [5, 5.41) is 13.1. The molecule has 0 aliphatic carbocycles. The fraction of sp³-hybridized carbons (Fsp3) is 0.394. The minimum atomic E-state index is -4.78. The molecule has 0 saturated heterocycles. The largest absolute Gasteiger partial charge is 0.417 e. The first kappa shape index (κ1) is 32.6. The monoisotopic (exact) mass is 633 g/mol. The van der Waals surface area contributed by atoms with Crippen LogP contribution in [0.15, 0.2) is 52.8 Å². The molecule has 3 heterocycles. The van der Waals surface area contributed by atoms with Crippen LogP contribution in [0.4, 0.5) is 32.0 Å². The summed E-state index contributed by atoms with van der Waals surface area (Å²) in [6.07, 6.45) is 0.707. The molecule has 5 rings (SSSR count). The Bertz CT molecular complexity index is 1620. The summed E-state index contributed by atoms with van der Waals surface area (Å²) in [6.45, 7) is 1.86. The third kappa shape index (κ3) is 5.98. The number of alkyl halides is 3. The van der Waals surface area contributed by atoms with Gasteiger partial charge in [-0.25, -0.2) is 13.2 Å². The van der Waals surface area contributed by atoms with Gasteiger partial charge in [-0.05, 0) is 73.2 Å². The number of hydrogen-bond donors (Lipinski definition) is 2. The quantitative estimate of drug-likeness (QED) is 0.175.